The Hall–Kier alpha value is -0.570. The first-order valence-electron chi connectivity index (χ1n) is 10.8. The van der Waals surface area contributed by atoms with E-state index in [9.17, 15) is 9.90 Å². The Labute approximate surface area is 156 Å². The summed E-state index contributed by atoms with van der Waals surface area (Å²) >= 11 is 0. The van der Waals surface area contributed by atoms with Crippen molar-refractivity contribution < 1.29 is 14.6 Å². The molecule has 150 valence electrons. The summed E-state index contributed by atoms with van der Waals surface area (Å²) in [6.07, 6.45) is 15.7. The van der Waals surface area contributed by atoms with E-state index < -0.39 is 0 Å². The number of methoxy groups -OCH3 is 1. The van der Waals surface area contributed by atoms with Gasteiger partial charge in [-0.2, -0.15) is 0 Å². The van der Waals surface area contributed by atoms with Gasteiger partial charge in [0.05, 0.1) is 13.2 Å². The number of carbonyl (C=O) groups is 1. The van der Waals surface area contributed by atoms with E-state index in [2.05, 4.69) is 25.5 Å². The van der Waals surface area contributed by atoms with Crippen LogP contribution >= 0.6 is 0 Å². The SMILES string of the molecule is CCCCCC[C@@H](O)CC(CCCCCCCCC(=O)OC)C(C)C. The van der Waals surface area contributed by atoms with E-state index in [1.54, 1.807) is 0 Å². The quantitative estimate of drug-likeness (QED) is 0.247. The molecule has 0 spiro atoms. The van der Waals surface area contributed by atoms with Crippen molar-refractivity contribution in [2.24, 2.45) is 11.8 Å². The number of unbranched alkanes of at least 4 members (excludes halogenated alkanes) is 8. The van der Waals surface area contributed by atoms with Crippen molar-refractivity contribution in [3.63, 3.8) is 0 Å². The Bertz CT molecular complexity index is 302. The maximum atomic E-state index is 11.0. The molecule has 1 unspecified atom stereocenters. The largest absolute Gasteiger partial charge is 0.469 e. The highest BCUT2D eigenvalue weighted by molar-refractivity contribution is 5.68. The summed E-state index contributed by atoms with van der Waals surface area (Å²) in [5, 5.41) is 10.3. The monoisotopic (exact) mass is 356 g/mol. The minimum atomic E-state index is -0.109. The Morgan fingerprint density at radius 1 is 0.880 bits per heavy atom. The minimum absolute atomic E-state index is 0.0898. The lowest BCUT2D eigenvalue weighted by Gasteiger charge is -2.24. The zero-order valence-corrected chi connectivity index (χ0v) is 17.4. The van der Waals surface area contributed by atoms with Crippen LogP contribution in [-0.2, 0) is 9.53 Å². The van der Waals surface area contributed by atoms with Crippen LogP contribution in [0.1, 0.15) is 111 Å². The third-order valence-corrected chi connectivity index (χ3v) is 5.34. The number of carbonyl (C=O) groups excluding carboxylic acids is 1. The highest BCUT2D eigenvalue weighted by atomic mass is 16.5. The van der Waals surface area contributed by atoms with Crippen molar-refractivity contribution >= 4 is 5.97 Å². The average Bonchev–Trinajstić information content (AvgIpc) is 2.59. The van der Waals surface area contributed by atoms with Gasteiger partial charge < -0.3 is 9.84 Å². The fourth-order valence-corrected chi connectivity index (χ4v) is 3.48. The predicted molar refractivity (Wildman–Crippen MR) is 107 cm³/mol. The van der Waals surface area contributed by atoms with E-state index >= 15 is 0 Å². The molecule has 0 saturated carbocycles. The first-order chi connectivity index (χ1) is 12.0. The van der Waals surface area contributed by atoms with Crippen LogP contribution in [0.4, 0.5) is 0 Å². The molecule has 0 aromatic carbocycles. The molecule has 0 aliphatic carbocycles. The molecule has 0 aromatic rings. The second kappa shape index (κ2) is 16.9. The second-order valence-corrected chi connectivity index (χ2v) is 7.98. The van der Waals surface area contributed by atoms with Gasteiger partial charge in [0.25, 0.3) is 0 Å². The predicted octanol–water partition coefficient (Wildman–Crippen LogP) is 6.27. The third-order valence-electron chi connectivity index (χ3n) is 5.34. The first-order valence-corrected chi connectivity index (χ1v) is 10.8. The van der Waals surface area contributed by atoms with E-state index in [0.717, 1.165) is 25.7 Å². The fourth-order valence-electron chi connectivity index (χ4n) is 3.48. The minimum Gasteiger partial charge on any atom is -0.469 e. The van der Waals surface area contributed by atoms with Crippen molar-refractivity contribution in [3.8, 4) is 0 Å². The van der Waals surface area contributed by atoms with Gasteiger partial charge in [-0.15, -0.1) is 0 Å². The van der Waals surface area contributed by atoms with E-state index in [1.165, 1.54) is 64.9 Å². The van der Waals surface area contributed by atoms with Crippen LogP contribution in [0, 0.1) is 11.8 Å². The standard InChI is InChI=1S/C22H44O3/c1-5-6-7-13-16-21(23)18-20(19(2)3)15-12-10-8-9-11-14-17-22(24)25-4/h19-21,23H,5-18H2,1-4H3/t20?,21-/m1/s1. The second-order valence-electron chi connectivity index (χ2n) is 7.98. The maximum absolute atomic E-state index is 11.0. The molecule has 0 bridgehead atoms. The van der Waals surface area contributed by atoms with Crippen molar-refractivity contribution in [1.82, 2.24) is 0 Å². The summed E-state index contributed by atoms with van der Waals surface area (Å²) in [5.74, 6) is 1.22. The first kappa shape index (κ1) is 24.4. The molecule has 25 heavy (non-hydrogen) atoms. The fraction of sp³-hybridized carbons (Fsp3) is 0.955. The van der Waals surface area contributed by atoms with E-state index in [0.29, 0.717) is 18.3 Å². The Kier molecular flexibility index (Phi) is 16.5. The van der Waals surface area contributed by atoms with Gasteiger partial charge >= 0.3 is 5.97 Å². The molecule has 0 heterocycles. The molecule has 0 rings (SSSR count). The van der Waals surface area contributed by atoms with E-state index in [4.69, 9.17) is 0 Å². The molecule has 0 aliphatic rings. The summed E-state index contributed by atoms with van der Waals surface area (Å²) in [4.78, 5) is 11.0. The summed E-state index contributed by atoms with van der Waals surface area (Å²) in [6, 6.07) is 0. The topological polar surface area (TPSA) is 46.5 Å². The van der Waals surface area contributed by atoms with Crippen LogP contribution < -0.4 is 0 Å². The van der Waals surface area contributed by atoms with Crippen molar-refractivity contribution in [3.05, 3.63) is 0 Å². The molecule has 3 heteroatoms. The Morgan fingerprint density at radius 2 is 1.44 bits per heavy atom. The Balaban J connectivity index is 3.70. The maximum Gasteiger partial charge on any atom is 0.305 e. The number of hydrogen-bond acceptors (Lipinski definition) is 3. The number of rotatable bonds is 17. The number of aliphatic hydroxyl groups excluding tert-OH is 1. The molecular weight excluding hydrogens is 312 g/mol. The van der Waals surface area contributed by atoms with Crippen LogP contribution in [0.15, 0.2) is 0 Å². The molecular formula is C22H44O3. The van der Waals surface area contributed by atoms with Crippen molar-refractivity contribution in [1.29, 1.82) is 0 Å². The smallest absolute Gasteiger partial charge is 0.305 e. The third kappa shape index (κ3) is 15.4. The molecule has 0 aromatic heterocycles. The molecule has 2 atom stereocenters. The lowest BCUT2D eigenvalue weighted by atomic mass is 9.84. The van der Waals surface area contributed by atoms with Crippen molar-refractivity contribution in [2.75, 3.05) is 7.11 Å². The lowest BCUT2D eigenvalue weighted by molar-refractivity contribution is -0.140. The van der Waals surface area contributed by atoms with Crippen LogP contribution in [0.2, 0.25) is 0 Å². The van der Waals surface area contributed by atoms with Gasteiger partial charge in [0.2, 0.25) is 0 Å². The number of ether oxygens (including phenoxy) is 1. The molecule has 0 fully saturated rings. The molecule has 1 N–H and O–H groups in total. The number of aliphatic hydroxyl groups is 1. The molecule has 0 saturated heterocycles. The molecule has 3 nitrogen and oxygen atoms in total. The van der Waals surface area contributed by atoms with Crippen LogP contribution in [0.3, 0.4) is 0 Å². The zero-order valence-electron chi connectivity index (χ0n) is 17.4. The normalized spacial score (nSPS) is 13.8. The number of esters is 1. The van der Waals surface area contributed by atoms with Crippen LogP contribution in [-0.4, -0.2) is 24.3 Å². The lowest BCUT2D eigenvalue weighted by Crippen LogP contribution is -2.18. The zero-order chi connectivity index (χ0) is 18.9. The molecule has 0 aliphatic heterocycles. The highest BCUT2D eigenvalue weighted by Crippen LogP contribution is 2.26. The van der Waals surface area contributed by atoms with Gasteiger partial charge in [0, 0.05) is 6.42 Å². The number of hydrogen-bond donors (Lipinski definition) is 1. The molecule has 0 amide bonds. The Morgan fingerprint density at radius 3 is 2.04 bits per heavy atom. The van der Waals surface area contributed by atoms with Gasteiger partial charge in [-0.05, 0) is 31.1 Å². The van der Waals surface area contributed by atoms with E-state index in [1.807, 2.05) is 0 Å². The van der Waals surface area contributed by atoms with Crippen molar-refractivity contribution in [2.45, 2.75) is 117 Å². The van der Waals surface area contributed by atoms with Crippen LogP contribution in [0.5, 0.6) is 0 Å². The summed E-state index contributed by atoms with van der Waals surface area (Å²) in [5.41, 5.74) is 0. The van der Waals surface area contributed by atoms with Gasteiger partial charge in [0.15, 0.2) is 0 Å². The summed E-state index contributed by atoms with van der Waals surface area (Å²) < 4.78 is 4.65. The highest BCUT2D eigenvalue weighted by Gasteiger charge is 2.17. The van der Waals surface area contributed by atoms with Gasteiger partial charge in [-0.3, -0.25) is 4.79 Å². The van der Waals surface area contributed by atoms with Gasteiger partial charge in [0.1, 0.15) is 0 Å². The summed E-state index contributed by atoms with van der Waals surface area (Å²) in [6.45, 7) is 6.81. The van der Waals surface area contributed by atoms with E-state index in [-0.39, 0.29) is 12.1 Å². The van der Waals surface area contributed by atoms with Gasteiger partial charge in [-0.1, -0.05) is 85.0 Å². The van der Waals surface area contributed by atoms with Gasteiger partial charge in [-0.25, -0.2) is 0 Å². The van der Waals surface area contributed by atoms with Crippen LogP contribution in [0.25, 0.3) is 0 Å². The molecule has 0 radical (unpaired) electrons. The average molecular weight is 357 g/mol. The summed E-state index contributed by atoms with van der Waals surface area (Å²) in [7, 11) is 1.45.